The monoisotopic (exact) mass is 354 g/mol. The molecule has 27 heavy (non-hydrogen) atoms. The van der Waals surface area contributed by atoms with E-state index in [1.807, 2.05) is 84.9 Å². The molecule has 4 nitrogen and oxygen atoms in total. The van der Waals surface area contributed by atoms with Gasteiger partial charge < -0.3 is 4.74 Å². The third kappa shape index (κ3) is 3.37. The molecule has 0 bridgehead atoms. The van der Waals surface area contributed by atoms with Crippen LogP contribution in [0, 0.1) is 0 Å². The highest BCUT2D eigenvalue weighted by Crippen LogP contribution is 2.30. The predicted octanol–water partition coefficient (Wildman–Crippen LogP) is 4.58. The van der Waals surface area contributed by atoms with E-state index in [0.29, 0.717) is 0 Å². The average molecular weight is 354 g/mol. The predicted molar refractivity (Wildman–Crippen MR) is 107 cm³/mol. The Labute approximate surface area is 157 Å². The summed E-state index contributed by atoms with van der Waals surface area (Å²) in [7, 11) is 1.63. The summed E-state index contributed by atoms with van der Waals surface area (Å²) in [6, 6.07) is 28.6. The summed E-state index contributed by atoms with van der Waals surface area (Å²) in [6.07, 6.45) is 0. The fourth-order valence-corrected chi connectivity index (χ4v) is 3.01. The quantitative estimate of drug-likeness (QED) is 0.539. The smallest absolute Gasteiger partial charge is 0.272 e. The number of aromatic nitrogens is 2. The van der Waals surface area contributed by atoms with E-state index in [1.165, 1.54) is 4.68 Å². The van der Waals surface area contributed by atoms with Gasteiger partial charge in [0.15, 0.2) is 0 Å². The van der Waals surface area contributed by atoms with Crippen LogP contribution in [0.15, 0.2) is 95.8 Å². The van der Waals surface area contributed by atoms with Crippen molar-refractivity contribution in [3.05, 3.63) is 101 Å². The Hall–Kier alpha value is -3.66. The van der Waals surface area contributed by atoms with Crippen molar-refractivity contribution in [1.29, 1.82) is 0 Å². The molecule has 0 fully saturated rings. The lowest BCUT2D eigenvalue weighted by Gasteiger charge is -2.13. The van der Waals surface area contributed by atoms with Gasteiger partial charge in [0.25, 0.3) is 5.56 Å². The van der Waals surface area contributed by atoms with Gasteiger partial charge in [-0.1, -0.05) is 60.7 Å². The highest BCUT2D eigenvalue weighted by molar-refractivity contribution is 5.80. The topological polar surface area (TPSA) is 44.1 Å². The minimum atomic E-state index is -0.174. The molecule has 3 aromatic carbocycles. The number of ether oxygens (including phenoxy) is 1. The fraction of sp³-hybridized carbons (Fsp3) is 0.0435. The first-order valence-electron chi connectivity index (χ1n) is 8.66. The van der Waals surface area contributed by atoms with Crippen LogP contribution < -0.4 is 10.3 Å². The van der Waals surface area contributed by atoms with Gasteiger partial charge in [0.1, 0.15) is 5.75 Å². The zero-order chi connectivity index (χ0) is 18.6. The Bertz CT molecular complexity index is 1100. The summed E-state index contributed by atoms with van der Waals surface area (Å²) >= 11 is 0. The molecule has 0 spiro atoms. The third-order valence-electron chi connectivity index (χ3n) is 4.38. The van der Waals surface area contributed by atoms with Crippen molar-refractivity contribution in [2.75, 3.05) is 7.11 Å². The van der Waals surface area contributed by atoms with Crippen LogP contribution in [0.25, 0.3) is 28.1 Å². The Morgan fingerprint density at radius 2 is 1.41 bits per heavy atom. The Kier molecular flexibility index (Phi) is 4.54. The molecule has 4 heteroatoms. The van der Waals surface area contributed by atoms with Crippen LogP contribution in [-0.2, 0) is 0 Å². The van der Waals surface area contributed by atoms with Crippen molar-refractivity contribution in [3.8, 4) is 33.8 Å². The third-order valence-corrected chi connectivity index (χ3v) is 4.38. The van der Waals surface area contributed by atoms with Crippen LogP contribution in [-0.4, -0.2) is 16.9 Å². The van der Waals surface area contributed by atoms with Gasteiger partial charge in [-0.3, -0.25) is 4.79 Å². The van der Waals surface area contributed by atoms with Crippen LogP contribution >= 0.6 is 0 Å². The SMILES string of the molecule is COc1ccc(-c2cc(=O)n(-c3ccccc3)nc2-c2ccccc2)cc1. The molecule has 0 saturated carbocycles. The molecule has 0 radical (unpaired) electrons. The van der Waals surface area contributed by atoms with Gasteiger partial charge >= 0.3 is 0 Å². The second kappa shape index (κ2) is 7.30. The number of hydrogen-bond acceptors (Lipinski definition) is 3. The maximum absolute atomic E-state index is 12.8. The fourth-order valence-electron chi connectivity index (χ4n) is 3.01. The molecule has 0 atom stereocenters. The zero-order valence-electron chi connectivity index (χ0n) is 14.9. The van der Waals surface area contributed by atoms with E-state index in [0.717, 1.165) is 33.8 Å². The lowest BCUT2D eigenvalue weighted by molar-refractivity contribution is 0.415. The number of nitrogens with zero attached hydrogens (tertiary/aromatic N) is 2. The number of hydrogen-bond donors (Lipinski definition) is 0. The van der Waals surface area contributed by atoms with Crippen LogP contribution in [0.5, 0.6) is 5.75 Å². The minimum absolute atomic E-state index is 0.174. The van der Waals surface area contributed by atoms with Crippen LogP contribution in [0.2, 0.25) is 0 Å². The molecule has 1 aromatic heterocycles. The second-order valence-electron chi connectivity index (χ2n) is 6.09. The van der Waals surface area contributed by atoms with E-state index >= 15 is 0 Å². The summed E-state index contributed by atoms with van der Waals surface area (Å²) in [4.78, 5) is 12.8. The first-order valence-corrected chi connectivity index (χ1v) is 8.66. The lowest BCUT2D eigenvalue weighted by Crippen LogP contribution is -2.21. The number of methoxy groups -OCH3 is 1. The van der Waals surface area contributed by atoms with Gasteiger partial charge in [0.05, 0.1) is 18.5 Å². The summed E-state index contributed by atoms with van der Waals surface area (Å²) in [5.74, 6) is 0.769. The first kappa shape index (κ1) is 16.8. The van der Waals surface area contributed by atoms with Crippen molar-refractivity contribution < 1.29 is 4.74 Å². The maximum Gasteiger partial charge on any atom is 0.272 e. The largest absolute Gasteiger partial charge is 0.497 e. The van der Waals surface area contributed by atoms with Crippen molar-refractivity contribution in [1.82, 2.24) is 9.78 Å². The zero-order valence-corrected chi connectivity index (χ0v) is 14.9. The van der Waals surface area contributed by atoms with Gasteiger partial charge in [-0.05, 0) is 29.8 Å². The molecule has 0 amide bonds. The number of benzene rings is 3. The minimum Gasteiger partial charge on any atom is -0.497 e. The summed E-state index contributed by atoms with van der Waals surface area (Å²) in [6.45, 7) is 0. The van der Waals surface area contributed by atoms with Gasteiger partial charge in [-0.25, -0.2) is 0 Å². The molecule has 1 heterocycles. The van der Waals surface area contributed by atoms with E-state index in [1.54, 1.807) is 13.2 Å². The molecule has 132 valence electrons. The first-order chi connectivity index (χ1) is 13.3. The van der Waals surface area contributed by atoms with Crippen LogP contribution in [0.3, 0.4) is 0 Å². The van der Waals surface area contributed by atoms with E-state index in [2.05, 4.69) is 0 Å². The molecule has 0 aliphatic heterocycles. The van der Waals surface area contributed by atoms with Crippen LogP contribution in [0.4, 0.5) is 0 Å². The summed E-state index contributed by atoms with van der Waals surface area (Å²) in [5, 5.41) is 4.70. The van der Waals surface area contributed by atoms with E-state index in [4.69, 9.17) is 9.84 Å². The maximum atomic E-state index is 12.8. The molecule has 4 aromatic rings. The van der Waals surface area contributed by atoms with Gasteiger partial charge in [0, 0.05) is 17.2 Å². The van der Waals surface area contributed by atoms with Crippen LogP contribution in [0.1, 0.15) is 0 Å². The molecule has 0 saturated heterocycles. The number of rotatable bonds is 4. The van der Waals surface area contributed by atoms with Crippen molar-refractivity contribution in [2.45, 2.75) is 0 Å². The van der Waals surface area contributed by atoms with Gasteiger partial charge in [0.2, 0.25) is 0 Å². The summed E-state index contributed by atoms with van der Waals surface area (Å²) in [5.41, 5.74) is 3.98. The van der Waals surface area contributed by atoms with Crippen molar-refractivity contribution in [3.63, 3.8) is 0 Å². The molecule has 4 rings (SSSR count). The summed E-state index contributed by atoms with van der Waals surface area (Å²) < 4.78 is 6.68. The molecule has 0 N–H and O–H groups in total. The van der Waals surface area contributed by atoms with Gasteiger partial charge in [-0.2, -0.15) is 9.78 Å². The van der Waals surface area contributed by atoms with E-state index in [-0.39, 0.29) is 5.56 Å². The second-order valence-corrected chi connectivity index (χ2v) is 6.09. The molecular formula is C23H18N2O2. The van der Waals surface area contributed by atoms with Gasteiger partial charge in [-0.15, -0.1) is 0 Å². The highest BCUT2D eigenvalue weighted by Gasteiger charge is 2.14. The molecule has 0 unspecified atom stereocenters. The molecule has 0 aliphatic rings. The average Bonchev–Trinajstić information content (AvgIpc) is 2.75. The van der Waals surface area contributed by atoms with Crippen molar-refractivity contribution >= 4 is 0 Å². The lowest BCUT2D eigenvalue weighted by atomic mass is 10.00. The Morgan fingerprint density at radius 3 is 2.04 bits per heavy atom. The molecular weight excluding hydrogens is 336 g/mol. The Balaban J connectivity index is 1.95. The van der Waals surface area contributed by atoms with E-state index in [9.17, 15) is 4.79 Å². The van der Waals surface area contributed by atoms with E-state index < -0.39 is 0 Å². The van der Waals surface area contributed by atoms with Crippen molar-refractivity contribution in [2.24, 2.45) is 0 Å². The standard InChI is InChI=1S/C23H18N2O2/c1-27-20-14-12-17(13-15-20)21-16-22(26)25(19-10-6-3-7-11-19)24-23(21)18-8-4-2-5-9-18/h2-16H,1H3. The Morgan fingerprint density at radius 1 is 0.778 bits per heavy atom. The number of para-hydroxylation sites is 1. The highest BCUT2D eigenvalue weighted by atomic mass is 16.5. The molecule has 0 aliphatic carbocycles. The normalized spacial score (nSPS) is 10.6.